The molecule has 6 heteroatoms. The maximum atomic E-state index is 13.2. The summed E-state index contributed by atoms with van der Waals surface area (Å²) in [6.45, 7) is 3.93. The molecule has 2 heterocycles. The van der Waals surface area contributed by atoms with E-state index >= 15 is 0 Å². The second-order valence-corrected chi connectivity index (χ2v) is 7.71. The third kappa shape index (κ3) is 4.03. The Morgan fingerprint density at radius 2 is 1.77 bits per heavy atom. The number of H-pyrrole nitrogens is 1. The summed E-state index contributed by atoms with van der Waals surface area (Å²) >= 11 is 0. The average molecular weight is 405 g/mol. The number of carbonyl (C=O) groups is 2. The van der Waals surface area contributed by atoms with Crippen molar-refractivity contribution >= 4 is 22.7 Å². The van der Waals surface area contributed by atoms with Crippen molar-refractivity contribution in [2.45, 2.75) is 19.3 Å². The van der Waals surface area contributed by atoms with Crippen molar-refractivity contribution in [3.8, 4) is 5.75 Å². The molecule has 1 aromatic heterocycles. The van der Waals surface area contributed by atoms with Gasteiger partial charge < -0.3 is 19.5 Å². The van der Waals surface area contributed by atoms with Crippen molar-refractivity contribution in [1.29, 1.82) is 0 Å². The van der Waals surface area contributed by atoms with Gasteiger partial charge >= 0.3 is 0 Å². The number of hydrogen-bond acceptors (Lipinski definition) is 3. The number of nitrogens with zero attached hydrogens (tertiary/aromatic N) is 2. The van der Waals surface area contributed by atoms with Crippen LogP contribution in [-0.2, 0) is 9.59 Å². The predicted octanol–water partition coefficient (Wildman–Crippen LogP) is 3.39. The van der Waals surface area contributed by atoms with Crippen molar-refractivity contribution in [2.75, 3.05) is 33.3 Å². The van der Waals surface area contributed by atoms with E-state index in [0.29, 0.717) is 32.6 Å². The third-order valence-corrected chi connectivity index (χ3v) is 5.95. The first-order chi connectivity index (χ1) is 14.6. The SMILES string of the molecule is COc1cccc(C(CC(=O)N2CCN(C(C)=O)CC2)c2c[nH]c3ccccc23)c1. The zero-order chi connectivity index (χ0) is 21.1. The third-order valence-electron chi connectivity index (χ3n) is 5.95. The molecule has 0 bridgehead atoms. The first kappa shape index (κ1) is 20.0. The Balaban J connectivity index is 1.62. The normalized spacial score (nSPS) is 15.3. The summed E-state index contributed by atoms with van der Waals surface area (Å²) in [4.78, 5) is 31.8. The molecule has 156 valence electrons. The number of piperazine rings is 1. The van der Waals surface area contributed by atoms with Crippen LogP contribution in [0.4, 0.5) is 0 Å². The fourth-order valence-electron chi connectivity index (χ4n) is 4.22. The molecule has 4 rings (SSSR count). The molecule has 0 radical (unpaired) electrons. The lowest BCUT2D eigenvalue weighted by Crippen LogP contribution is -2.50. The van der Waals surface area contributed by atoms with Crippen LogP contribution in [0.1, 0.15) is 30.4 Å². The molecule has 3 aromatic rings. The predicted molar refractivity (Wildman–Crippen MR) is 117 cm³/mol. The molecule has 1 N–H and O–H groups in total. The summed E-state index contributed by atoms with van der Waals surface area (Å²) in [5.41, 5.74) is 3.22. The Hall–Kier alpha value is -3.28. The van der Waals surface area contributed by atoms with Crippen molar-refractivity contribution in [3.63, 3.8) is 0 Å². The lowest BCUT2D eigenvalue weighted by Gasteiger charge is -2.35. The van der Waals surface area contributed by atoms with Gasteiger partial charge in [-0.3, -0.25) is 9.59 Å². The fraction of sp³-hybridized carbons (Fsp3) is 0.333. The average Bonchev–Trinajstić information content (AvgIpc) is 3.21. The number of fused-ring (bicyclic) bond motifs is 1. The van der Waals surface area contributed by atoms with Gasteiger partial charge in [0, 0.05) is 62.5 Å². The standard InChI is InChI=1S/C24H27N3O3/c1-17(28)26-10-12-27(13-11-26)24(29)15-21(18-6-5-7-19(14-18)30-2)22-16-25-23-9-4-3-8-20(22)23/h3-9,14,16,21,25H,10-13,15H2,1-2H3. The van der Waals surface area contributed by atoms with Gasteiger partial charge in [0.2, 0.25) is 11.8 Å². The minimum Gasteiger partial charge on any atom is -0.497 e. The van der Waals surface area contributed by atoms with E-state index in [1.54, 1.807) is 18.9 Å². The quantitative estimate of drug-likeness (QED) is 0.708. The van der Waals surface area contributed by atoms with Gasteiger partial charge in [-0.15, -0.1) is 0 Å². The Labute approximate surface area is 176 Å². The second kappa shape index (κ2) is 8.61. The van der Waals surface area contributed by atoms with E-state index in [2.05, 4.69) is 17.1 Å². The summed E-state index contributed by atoms with van der Waals surface area (Å²) in [5, 5.41) is 1.12. The van der Waals surface area contributed by atoms with Gasteiger partial charge in [-0.05, 0) is 29.3 Å². The number of ether oxygens (including phenoxy) is 1. The molecule has 1 atom stereocenters. The molecule has 6 nitrogen and oxygen atoms in total. The number of methoxy groups -OCH3 is 1. The molecule has 1 aliphatic rings. The number of aromatic nitrogens is 1. The number of nitrogens with one attached hydrogen (secondary N) is 1. The van der Waals surface area contributed by atoms with Crippen molar-refractivity contribution < 1.29 is 14.3 Å². The fourth-order valence-corrected chi connectivity index (χ4v) is 4.22. The summed E-state index contributed by atoms with van der Waals surface area (Å²) < 4.78 is 5.42. The molecule has 0 aliphatic carbocycles. The lowest BCUT2D eigenvalue weighted by atomic mass is 9.87. The number of aromatic amines is 1. The maximum absolute atomic E-state index is 13.2. The van der Waals surface area contributed by atoms with E-state index in [9.17, 15) is 9.59 Å². The number of para-hydroxylation sites is 1. The van der Waals surface area contributed by atoms with Crippen molar-refractivity contribution in [2.24, 2.45) is 0 Å². The van der Waals surface area contributed by atoms with Crippen molar-refractivity contribution in [1.82, 2.24) is 14.8 Å². The number of amides is 2. The van der Waals surface area contributed by atoms with Crippen LogP contribution in [0.3, 0.4) is 0 Å². The monoisotopic (exact) mass is 405 g/mol. The topological polar surface area (TPSA) is 65.6 Å². The zero-order valence-corrected chi connectivity index (χ0v) is 17.4. The zero-order valence-electron chi connectivity index (χ0n) is 17.4. The van der Waals surface area contributed by atoms with Crippen LogP contribution in [-0.4, -0.2) is 59.9 Å². The highest BCUT2D eigenvalue weighted by atomic mass is 16.5. The molecule has 1 aliphatic heterocycles. The van der Waals surface area contributed by atoms with Gasteiger partial charge in [-0.2, -0.15) is 0 Å². The van der Waals surface area contributed by atoms with E-state index in [1.807, 2.05) is 47.5 Å². The van der Waals surface area contributed by atoms with Crippen LogP contribution in [0.25, 0.3) is 10.9 Å². The van der Waals surface area contributed by atoms with E-state index in [4.69, 9.17) is 4.74 Å². The lowest BCUT2D eigenvalue weighted by molar-refractivity contribution is -0.138. The molecule has 0 spiro atoms. The summed E-state index contributed by atoms with van der Waals surface area (Å²) in [7, 11) is 1.65. The van der Waals surface area contributed by atoms with Gasteiger partial charge in [-0.1, -0.05) is 30.3 Å². The van der Waals surface area contributed by atoms with Gasteiger partial charge in [0.05, 0.1) is 7.11 Å². The molecule has 1 unspecified atom stereocenters. The maximum Gasteiger partial charge on any atom is 0.223 e. The minimum absolute atomic E-state index is 0.0650. The molecule has 1 fully saturated rings. The first-order valence-corrected chi connectivity index (χ1v) is 10.3. The van der Waals surface area contributed by atoms with Crippen LogP contribution in [0.15, 0.2) is 54.7 Å². The van der Waals surface area contributed by atoms with Gasteiger partial charge in [0.1, 0.15) is 5.75 Å². The largest absolute Gasteiger partial charge is 0.497 e. The summed E-state index contributed by atoms with van der Waals surface area (Å²) in [6.07, 6.45) is 2.38. The van der Waals surface area contributed by atoms with E-state index in [0.717, 1.165) is 27.8 Å². The van der Waals surface area contributed by atoms with E-state index in [1.165, 1.54) is 0 Å². The van der Waals surface area contributed by atoms with Crippen LogP contribution in [0.5, 0.6) is 5.75 Å². The summed E-state index contributed by atoms with van der Waals surface area (Å²) in [6, 6.07) is 16.1. The number of benzene rings is 2. The molecule has 30 heavy (non-hydrogen) atoms. The molecule has 1 saturated heterocycles. The Morgan fingerprint density at radius 1 is 1.03 bits per heavy atom. The van der Waals surface area contributed by atoms with E-state index < -0.39 is 0 Å². The molecule has 0 saturated carbocycles. The highest BCUT2D eigenvalue weighted by Crippen LogP contribution is 2.35. The van der Waals surface area contributed by atoms with Crippen molar-refractivity contribution in [3.05, 3.63) is 65.9 Å². The van der Waals surface area contributed by atoms with Gasteiger partial charge in [0.15, 0.2) is 0 Å². The molecular formula is C24H27N3O3. The van der Waals surface area contributed by atoms with Gasteiger partial charge in [0.25, 0.3) is 0 Å². The van der Waals surface area contributed by atoms with E-state index in [-0.39, 0.29) is 17.7 Å². The Morgan fingerprint density at radius 3 is 2.50 bits per heavy atom. The van der Waals surface area contributed by atoms with Gasteiger partial charge in [-0.25, -0.2) is 0 Å². The number of carbonyl (C=O) groups excluding carboxylic acids is 2. The molecular weight excluding hydrogens is 378 g/mol. The Bertz CT molecular complexity index is 1050. The highest BCUT2D eigenvalue weighted by Gasteiger charge is 2.27. The highest BCUT2D eigenvalue weighted by molar-refractivity contribution is 5.86. The second-order valence-electron chi connectivity index (χ2n) is 7.71. The summed E-state index contributed by atoms with van der Waals surface area (Å²) in [5.74, 6) is 0.862. The Kier molecular flexibility index (Phi) is 5.74. The van der Waals surface area contributed by atoms with Crippen LogP contribution >= 0.6 is 0 Å². The molecule has 2 amide bonds. The number of hydrogen-bond donors (Lipinski definition) is 1. The van der Waals surface area contributed by atoms with Crippen LogP contribution in [0.2, 0.25) is 0 Å². The number of rotatable bonds is 5. The van der Waals surface area contributed by atoms with Crippen LogP contribution < -0.4 is 4.74 Å². The smallest absolute Gasteiger partial charge is 0.223 e. The first-order valence-electron chi connectivity index (χ1n) is 10.3. The minimum atomic E-state index is -0.0883. The van der Waals surface area contributed by atoms with Crippen LogP contribution in [0, 0.1) is 0 Å². The molecule has 2 aromatic carbocycles.